The van der Waals surface area contributed by atoms with Crippen LogP contribution in [-0.4, -0.2) is 119 Å². The highest BCUT2D eigenvalue weighted by molar-refractivity contribution is 7.99. The summed E-state index contributed by atoms with van der Waals surface area (Å²) in [7, 11) is 1.46. The fourth-order valence-corrected chi connectivity index (χ4v) is 4.72. The molecule has 0 bridgehead atoms. The van der Waals surface area contributed by atoms with Crippen LogP contribution in [0.2, 0.25) is 0 Å². The van der Waals surface area contributed by atoms with E-state index in [-0.39, 0.29) is 42.2 Å². The van der Waals surface area contributed by atoms with E-state index in [0.717, 1.165) is 6.42 Å². The maximum absolute atomic E-state index is 12.6. The lowest BCUT2D eigenvalue weighted by Crippen LogP contribution is -2.51. The van der Waals surface area contributed by atoms with Crippen LogP contribution in [0.4, 0.5) is 0 Å². The third-order valence-electron chi connectivity index (χ3n) is 6.19. The van der Waals surface area contributed by atoms with E-state index in [1.54, 1.807) is 9.80 Å². The minimum atomic E-state index is -1.24. The predicted octanol–water partition coefficient (Wildman–Crippen LogP) is -0.255. The van der Waals surface area contributed by atoms with Crippen LogP contribution < -0.4 is 16.0 Å². The molecule has 222 valence electrons. The summed E-state index contributed by atoms with van der Waals surface area (Å²) in [5.74, 6) is -3.04. The maximum Gasteiger partial charge on any atom is 0.322 e. The number of carboxylic acid groups (broad SMARTS) is 2. The highest BCUT2D eigenvalue weighted by Gasteiger charge is 2.26. The van der Waals surface area contributed by atoms with Gasteiger partial charge in [-0.2, -0.15) is 11.8 Å². The van der Waals surface area contributed by atoms with Gasteiger partial charge in [0.15, 0.2) is 0 Å². The van der Waals surface area contributed by atoms with Gasteiger partial charge in [0.05, 0.1) is 0 Å². The van der Waals surface area contributed by atoms with Crippen LogP contribution in [0.25, 0.3) is 0 Å². The van der Waals surface area contributed by atoms with E-state index in [4.69, 9.17) is 10.2 Å². The Kier molecular flexibility index (Phi) is 14.8. The van der Waals surface area contributed by atoms with E-state index >= 15 is 0 Å². The van der Waals surface area contributed by atoms with Gasteiger partial charge in [-0.1, -0.05) is 20.8 Å². The van der Waals surface area contributed by atoms with Gasteiger partial charge in [-0.05, 0) is 25.3 Å². The fraction of sp³-hybridized carbons (Fsp3) is 0.760. The molecule has 1 saturated heterocycles. The number of aliphatic carboxylic acids is 2. The number of rotatable bonds is 16. The lowest BCUT2D eigenvalue weighted by molar-refractivity contribution is -0.139. The van der Waals surface area contributed by atoms with Crippen LogP contribution in [0.1, 0.15) is 52.9 Å². The number of nitrogens with one attached hydrogen (secondary N) is 3. The monoisotopic (exact) mass is 573 g/mol. The minimum absolute atomic E-state index is 0.0121. The van der Waals surface area contributed by atoms with E-state index in [0.29, 0.717) is 38.4 Å². The van der Waals surface area contributed by atoms with Gasteiger partial charge in [0, 0.05) is 56.9 Å². The SMILES string of the molecule is CNC(CCC(=O)NC(CSCCC(=O)N1CCN(C(=O)CCC(C)(C)C)CC1)C(=O)NCC(=O)O)C(=O)O. The first-order valence-electron chi connectivity index (χ1n) is 13.1. The predicted molar refractivity (Wildman–Crippen MR) is 146 cm³/mol. The Morgan fingerprint density at radius 1 is 0.872 bits per heavy atom. The number of likely N-dealkylation sites (N-methyl/N-ethyl adjacent to an activating group) is 1. The zero-order valence-corrected chi connectivity index (χ0v) is 24.1. The van der Waals surface area contributed by atoms with Gasteiger partial charge in [0.1, 0.15) is 18.6 Å². The second-order valence-electron chi connectivity index (χ2n) is 10.6. The Balaban J connectivity index is 2.50. The van der Waals surface area contributed by atoms with Crippen molar-refractivity contribution in [2.45, 2.75) is 65.0 Å². The number of amides is 4. The molecule has 1 aliphatic heterocycles. The summed E-state index contributed by atoms with van der Waals surface area (Å²) in [5.41, 5.74) is 0.0831. The number of hydrogen-bond donors (Lipinski definition) is 5. The first-order chi connectivity index (χ1) is 18.2. The fourth-order valence-electron chi connectivity index (χ4n) is 3.77. The van der Waals surface area contributed by atoms with Crippen LogP contribution in [0, 0.1) is 5.41 Å². The molecular formula is C25H43N5O8S. The summed E-state index contributed by atoms with van der Waals surface area (Å²) in [5, 5.41) is 25.2. The Hall–Kier alpha value is -2.87. The van der Waals surface area contributed by atoms with Crippen LogP contribution in [0.15, 0.2) is 0 Å². The second-order valence-corrected chi connectivity index (χ2v) is 11.7. The van der Waals surface area contributed by atoms with Gasteiger partial charge in [0.25, 0.3) is 0 Å². The van der Waals surface area contributed by atoms with Crippen LogP contribution in [0.5, 0.6) is 0 Å². The quantitative estimate of drug-likeness (QED) is 0.154. The highest BCUT2D eigenvalue weighted by atomic mass is 32.2. The number of carbonyl (C=O) groups is 6. The molecular weight excluding hydrogens is 530 g/mol. The summed E-state index contributed by atoms with van der Waals surface area (Å²) in [4.78, 5) is 75.2. The molecule has 0 saturated carbocycles. The maximum atomic E-state index is 12.6. The molecule has 1 fully saturated rings. The number of carbonyl (C=O) groups excluding carboxylic acids is 4. The molecule has 1 aliphatic rings. The first-order valence-corrected chi connectivity index (χ1v) is 14.2. The van der Waals surface area contributed by atoms with Crippen molar-refractivity contribution in [1.29, 1.82) is 0 Å². The topological polar surface area (TPSA) is 185 Å². The lowest BCUT2D eigenvalue weighted by atomic mass is 9.90. The third kappa shape index (κ3) is 14.2. The molecule has 0 spiro atoms. The first kappa shape index (κ1) is 34.2. The van der Waals surface area contributed by atoms with Crippen LogP contribution in [0.3, 0.4) is 0 Å². The third-order valence-corrected chi connectivity index (χ3v) is 7.25. The molecule has 0 aliphatic carbocycles. The van der Waals surface area contributed by atoms with Gasteiger partial charge in [-0.15, -0.1) is 0 Å². The van der Waals surface area contributed by atoms with E-state index in [9.17, 15) is 28.8 Å². The van der Waals surface area contributed by atoms with Crippen molar-refractivity contribution in [1.82, 2.24) is 25.8 Å². The van der Waals surface area contributed by atoms with Gasteiger partial charge < -0.3 is 36.0 Å². The van der Waals surface area contributed by atoms with Crippen LogP contribution in [-0.2, 0) is 28.8 Å². The summed E-state index contributed by atoms with van der Waals surface area (Å²) in [6.45, 7) is 7.58. The molecule has 0 aromatic rings. The van der Waals surface area contributed by atoms with Crippen LogP contribution >= 0.6 is 11.8 Å². The number of hydrogen-bond acceptors (Lipinski definition) is 8. The molecule has 5 N–H and O–H groups in total. The van der Waals surface area contributed by atoms with Gasteiger partial charge in [0.2, 0.25) is 23.6 Å². The molecule has 14 heteroatoms. The Morgan fingerprint density at radius 2 is 1.44 bits per heavy atom. The standard InChI is InChI=1S/C25H43N5O8S/c1-25(2,3)9-7-20(32)29-10-12-30(13-11-29)21(33)8-14-39-16-18(23(36)27-15-22(34)35)28-19(31)6-5-17(26-4)24(37)38/h17-18,26H,5-16H2,1-4H3,(H,27,36)(H,28,31)(H,34,35)(H,37,38). The normalized spacial score (nSPS) is 15.3. The van der Waals surface area contributed by atoms with E-state index in [1.165, 1.54) is 18.8 Å². The van der Waals surface area contributed by atoms with Crippen molar-refractivity contribution in [3.8, 4) is 0 Å². The Bertz CT molecular complexity index is 871. The molecule has 0 aromatic heterocycles. The molecule has 0 aromatic carbocycles. The zero-order chi connectivity index (χ0) is 29.6. The summed E-state index contributed by atoms with van der Waals surface area (Å²) < 4.78 is 0. The summed E-state index contributed by atoms with van der Waals surface area (Å²) in [6.07, 6.45) is 1.37. The van der Waals surface area contributed by atoms with E-state index < -0.39 is 42.4 Å². The van der Waals surface area contributed by atoms with Crippen molar-refractivity contribution in [2.75, 3.05) is 51.3 Å². The van der Waals surface area contributed by atoms with Crippen molar-refractivity contribution in [2.24, 2.45) is 5.41 Å². The molecule has 2 atom stereocenters. The average Bonchev–Trinajstić information content (AvgIpc) is 2.87. The number of nitrogens with zero attached hydrogens (tertiary/aromatic N) is 2. The molecule has 39 heavy (non-hydrogen) atoms. The summed E-state index contributed by atoms with van der Waals surface area (Å²) in [6, 6.07) is -1.96. The number of piperazine rings is 1. The number of thioether (sulfide) groups is 1. The van der Waals surface area contributed by atoms with Crippen molar-refractivity contribution in [3.05, 3.63) is 0 Å². The molecule has 1 rings (SSSR count). The molecule has 0 radical (unpaired) electrons. The zero-order valence-electron chi connectivity index (χ0n) is 23.3. The molecule has 1 heterocycles. The van der Waals surface area contributed by atoms with Crippen molar-refractivity contribution < 1.29 is 39.0 Å². The Labute approximate surface area is 233 Å². The Morgan fingerprint density at radius 3 is 1.92 bits per heavy atom. The lowest BCUT2D eigenvalue weighted by Gasteiger charge is -2.35. The molecule has 4 amide bonds. The number of carboxylic acids is 2. The molecule has 2 unspecified atom stereocenters. The van der Waals surface area contributed by atoms with Crippen molar-refractivity contribution in [3.63, 3.8) is 0 Å². The largest absolute Gasteiger partial charge is 0.480 e. The smallest absolute Gasteiger partial charge is 0.322 e. The van der Waals surface area contributed by atoms with E-state index in [2.05, 4.69) is 36.7 Å². The molecule has 13 nitrogen and oxygen atoms in total. The minimum Gasteiger partial charge on any atom is -0.480 e. The van der Waals surface area contributed by atoms with E-state index in [1.807, 2.05) is 0 Å². The van der Waals surface area contributed by atoms with Crippen molar-refractivity contribution >= 4 is 47.3 Å². The average molecular weight is 574 g/mol. The van der Waals surface area contributed by atoms with Gasteiger partial charge in [-0.25, -0.2) is 0 Å². The summed E-state index contributed by atoms with van der Waals surface area (Å²) >= 11 is 1.26. The second kappa shape index (κ2) is 17.0. The highest BCUT2D eigenvalue weighted by Crippen LogP contribution is 2.21. The van der Waals surface area contributed by atoms with Gasteiger partial charge in [-0.3, -0.25) is 28.8 Å². The van der Waals surface area contributed by atoms with Gasteiger partial charge >= 0.3 is 11.9 Å².